The highest BCUT2D eigenvalue weighted by atomic mass is 32.2. The van der Waals surface area contributed by atoms with Crippen LogP contribution in [0, 0.1) is 0 Å². The quantitative estimate of drug-likeness (QED) is 0.749. The Labute approximate surface area is 148 Å². The molecule has 24 heavy (non-hydrogen) atoms. The molecule has 1 amide bonds. The summed E-state index contributed by atoms with van der Waals surface area (Å²) in [5, 5.41) is 0. The normalized spacial score (nSPS) is 21.8. The van der Waals surface area contributed by atoms with Crippen LogP contribution >= 0.6 is 11.8 Å². The predicted octanol–water partition coefficient (Wildman–Crippen LogP) is 1.68. The summed E-state index contributed by atoms with van der Waals surface area (Å²) in [6, 6.07) is 6.30. The first-order valence-corrected chi connectivity index (χ1v) is 10.1. The largest absolute Gasteiger partial charge is 0.379 e. The molecule has 0 saturated carbocycles. The minimum atomic E-state index is 0.279. The Bertz CT molecular complexity index is 502. The highest BCUT2D eigenvalue weighted by Crippen LogP contribution is 2.23. The molecule has 132 valence electrons. The van der Waals surface area contributed by atoms with Gasteiger partial charge in [0.2, 0.25) is 5.91 Å². The maximum atomic E-state index is 12.8. The number of aromatic nitrogens is 1. The minimum absolute atomic E-state index is 0.279. The lowest BCUT2D eigenvalue weighted by atomic mass is 10.1. The molecular formula is C18H27N3O2S. The smallest absolute Gasteiger partial charge is 0.223 e. The van der Waals surface area contributed by atoms with Crippen LogP contribution < -0.4 is 0 Å². The van der Waals surface area contributed by atoms with Crippen molar-refractivity contribution in [2.45, 2.75) is 25.3 Å². The van der Waals surface area contributed by atoms with Crippen LogP contribution in [0.25, 0.3) is 0 Å². The van der Waals surface area contributed by atoms with E-state index in [0.717, 1.165) is 63.7 Å². The van der Waals surface area contributed by atoms with Gasteiger partial charge in [-0.1, -0.05) is 6.07 Å². The van der Waals surface area contributed by atoms with E-state index in [4.69, 9.17) is 4.74 Å². The number of hydrogen-bond acceptors (Lipinski definition) is 5. The van der Waals surface area contributed by atoms with Gasteiger partial charge in [-0.15, -0.1) is 0 Å². The molecule has 6 heteroatoms. The number of carbonyl (C=O) groups is 1. The molecule has 0 radical (unpaired) electrons. The number of thioether (sulfide) groups is 1. The predicted molar refractivity (Wildman–Crippen MR) is 97.3 cm³/mol. The number of morpholine rings is 1. The van der Waals surface area contributed by atoms with E-state index in [9.17, 15) is 4.79 Å². The summed E-state index contributed by atoms with van der Waals surface area (Å²) < 4.78 is 5.41. The summed E-state index contributed by atoms with van der Waals surface area (Å²) in [6.07, 6.45) is 4.21. The monoisotopic (exact) mass is 349 g/mol. The third kappa shape index (κ3) is 5.19. The van der Waals surface area contributed by atoms with Gasteiger partial charge in [0.15, 0.2) is 0 Å². The lowest BCUT2D eigenvalue weighted by Gasteiger charge is -2.33. The first-order valence-electron chi connectivity index (χ1n) is 8.90. The average molecular weight is 350 g/mol. The highest BCUT2D eigenvalue weighted by molar-refractivity contribution is 7.99. The zero-order valence-electron chi connectivity index (χ0n) is 14.2. The molecule has 0 aromatic carbocycles. The molecule has 2 aliphatic heterocycles. The number of amides is 1. The number of rotatable bonds is 7. The van der Waals surface area contributed by atoms with Crippen LogP contribution in [0.15, 0.2) is 24.4 Å². The van der Waals surface area contributed by atoms with Crippen molar-refractivity contribution in [2.24, 2.45) is 0 Å². The van der Waals surface area contributed by atoms with E-state index < -0.39 is 0 Å². The molecule has 5 nitrogen and oxygen atoms in total. The Morgan fingerprint density at radius 2 is 2.25 bits per heavy atom. The second-order valence-corrected chi connectivity index (χ2v) is 7.53. The van der Waals surface area contributed by atoms with Gasteiger partial charge in [-0.05, 0) is 30.7 Å². The Hall–Kier alpha value is -1.11. The third-order valence-corrected chi connectivity index (χ3v) is 5.89. The van der Waals surface area contributed by atoms with Crippen LogP contribution in [0.3, 0.4) is 0 Å². The van der Waals surface area contributed by atoms with Gasteiger partial charge in [0, 0.05) is 56.3 Å². The number of nitrogens with zero attached hydrogens (tertiary/aromatic N) is 3. The molecule has 0 bridgehead atoms. The maximum Gasteiger partial charge on any atom is 0.223 e. The minimum Gasteiger partial charge on any atom is -0.379 e. The van der Waals surface area contributed by atoms with Gasteiger partial charge < -0.3 is 9.64 Å². The molecule has 0 unspecified atom stereocenters. The molecule has 1 aromatic heterocycles. The zero-order valence-corrected chi connectivity index (χ0v) is 15.0. The van der Waals surface area contributed by atoms with E-state index >= 15 is 0 Å². The lowest BCUT2D eigenvalue weighted by Crippen LogP contribution is -2.47. The van der Waals surface area contributed by atoms with Crippen LogP contribution in [0.4, 0.5) is 0 Å². The van der Waals surface area contributed by atoms with Crippen molar-refractivity contribution >= 4 is 17.7 Å². The van der Waals surface area contributed by atoms with Gasteiger partial charge in [0.1, 0.15) is 0 Å². The Kier molecular flexibility index (Phi) is 6.93. The van der Waals surface area contributed by atoms with Crippen molar-refractivity contribution in [3.8, 4) is 0 Å². The third-order valence-electron chi connectivity index (χ3n) is 4.75. The standard InChI is InChI=1S/C18H27N3O2S/c22-18(5-4-16-3-1-2-7-19-16)21(17-6-14-24-15-17)9-8-20-10-12-23-13-11-20/h1-3,7,17H,4-6,8-15H2/t17-/m1/s1. The SMILES string of the molecule is O=C(CCc1ccccn1)N(CCN1CCOCC1)[C@@H]1CCSC1. The van der Waals surface area contributed by atoms with Crippen molar-refractivity contribution in [1.82, 2.24) is 14.8 Å². The van der Waals surface area contributed by atoms with Crippen LogP contribution in [-0.2, 0) is 16.0 Å². The van der Waals surface area contributed by atoms with E-state index in [1.807, 2.05) is 30.0 Å². The molecule has 3 heterocycles. The Morgan fingerprint density at radius 3 is 2.96 bits per heavy atom. The van der Waals surface area contributed by atoms with Gasteiger partial charge in [-0.3, -0.25) is 14.7 Å². The Balaban J connectivity index is 1.53. The molecule has 3 rings (SSSR count). The molecule has 0 spiro atoms. The number of aryl methyl sites for hydroxylation is 1. The fraction of sp³-hybridized carbons (Fsp3) is 0.667. The topological polar surface area (TPSA) is 45.7 Å². The van der Waals surface area contributed by atoms with E-state index in [1.165, 1.54) is 5.75 Å². The van der Waals surface area contributed by atoms with Crippen LogP contribution in [0.5, 0.6) is 0 Å². The van der Waals surface area contributed by atoms with E-state index in [-0.39, 0.29) is 5.91 Å². The molecule has 0 N–H and O–H groups in total. The fourth-order valence-electron chi connectivity index (χ4n) is 3.28. The van der Waals surface area contributed by atoms with Crippen LogP contribution in [0.2, 0.25) is 0 Å². The lowest BCUT2D eigenvalue weighted by molar-refractivity contribution is -0.133. The molecule has 1 aromatic rings. The van der Waals surface area contributed by atoms with E-state index in [2.05, 4.69) is 14.8 Å². The van der Waals surface area contributed by atoms with Crippen LogP contribution in [-0.4, -0.2) is 77.6 Å². The van der Waals surface area contributed by atoms with Crippen molar-refractivity contribution in [2.75, 3.05) is 50.9 Å². The van der Waals surface area contributed by atoms with Crippen molar-refractivity contribution < 1.29 is 9.53 Å². The summed E-state index contributed by atoms with van der Waals surface area (Å²) >= 11 is 1.96. The molecule has 2 aliphatic rings. The fourth-order valence-corrected chi connectivity index (χ4v) is 4.50. The van der Waals surface area contributed by atoms with Gasteiger partial charge in [-0.2, -0.15) is 11.8 Å². The van der Waals surface area contributed by atoms with Crippen LogP contribution in [0.1, 0.15) is 18.5 Å². The zero-order chi connectivity index (χ0) is 16.6. The molecule has 1 atom stereocenters. The summed E-state index contributed by atoms with van der Waals surface area (Å²) in [7, 11) is 0. The second kappa shape index (κ2) is 9.39. The molecule has 2 saturated heterocycles. The van der Waals surface area contributed by atoms with Gasteiger partial charge in [-0.25, -0.2) is 0 Å². The molecule has 2 fully saturated rings. The van der Waals surface area contributed by atoms with Crippen molar-refractivity contribution in [3.05, 3.63) is 30.1 Å². The number of carbonyl (C=O) groups excluding carboxylic acids is 1. The average Bonchev–Trinajstić information content (AvgIpc) is 3.16. The van der Waals surface area contributed by atoms with Crippen molar-refractivity contribution in [1.29, 1.82) is 0 Å². The van der Waals surface area contributed by atoms with Crippen molar-refractivity contribution in [3.63, 3.8) is 0 Å². The second-order valence-electron chi connectivity index (χ2n) is 6.38. The molecular weight excluding hydrogens is 322 g/mol. The summed E-state index contributed by atoms with van der Waals surface area (Å²) in [5.41, 5.74) is 1.000. The first kappa shape index (κ1) is 17.7. The Morgan fingerprint density at radius 1 is 1.38 bits per heavy atom. The summed E-state index contributed by atoms with van der Waals surface area (Å²) in [4.78, 5) is 21.7. The van der Waals surface area contributed by atoms with Gasteiger partial charge in [0.05, 0.1) is 13.2 Å². The first-order chi connectivity index (χ1) is 11.8. The number of pyridine rings is 1. The van der Waals surface area contributed by atoms with E-state index in [0.29, 0.717) is 12.5 Å². The van der Waals surface area contributed by atoms with Gasteiger partial charge in [0.25, 0.3) is 0 Å². The van der Waals surface area contributed by atoms with Gasteiger partial charge >= 0.3 is 0 Å². The summed E-state index contributed by atoms with van der Waals surface area (Å²) in [6.45, 7) is 5.39. The number of hydrogen-bond donors (Lipinski definition) is 0. The van der Waals surface area contributed by atoms with E-state index in [1.54, 1.807) is 6.20 Å². The number of ether oxygens (including phenoxy) is 1. The maximum absolute atomic E-state index is 12.8. The molecule has 0 aliphatic carbocycles. The highest BCUT2D eigenvalue weighted by Gasteiger charge is 2.27. The summed E-state index contributed by atoms with van der Waals surface area (Å²) in [5.74, 6) is 2.53.